The van der Waals surface area contributed by atoms with Gasteiger partial charge in [0.1, 0.15) is 23.3 Å². The number of hydrogen-bond donors (Lipinski definition) is 3. The maximum Gasteiger partial charge on any atom is 0.287 e. The minimum atomic E-state index is -0.548. The van der Waals surface area contributed by atoms with Crippen molar-refractivity contribution in [2.45, 2.75) is 51.6 Å². The normalized spacial score (nSPS) is 14.8. The van der Waals surface area contributed by atoms with Gasteiger partial charge in [0, 0.05) is 19.2 Å². The molecule has 0 aliphatic heterocycles. The number of hydrogen-bond acceptors (Lipinski definition) is 5. The third-order valence-corrected chi connectivity index (χ3v) is 6.55. The predicted molar refractivity (Wildman–Crippen MR) is 135 cm³/mol. The second-order valence-corrected chi connectivity index (χ2v) is 9.07. The molecule has 1 fully saturated rings. The van der Waals surface area contributed by atoms with E-state index in [-0.39, 0.29) is 23.5 Å². The van der Waals surface area contributed by atoms with Crippen molar-refractivity contribution < 1.29 is 18.4 Å². The van der Waals surface area contributed by atoms with Gasteiger partial charge in [-0.2, -0.15) is 0 Å². The zero-order valence-corrected chi connectivity index (χ0v) is 20.4. The average molecular weight is 476 g/mol. The first-order valence-electron chi connectivity index (χ1n) is 12.2. The Bertz CT molecular complexity index is 1170. The molecule has 7 heteroatoms. The van der Waals surface area contributed by atoms with Crippen LogP contribution < -0.4 is 16.0 Å². The molecule has 4 rings (SSSR count). The van der Waals surface area contributed by atoms with Crippen molar-refractivity contribution in [3.05, 3.63) is 78.0 Å². The molecule has 3 N–H and O–H groups in total. The number of nitrogens with one attached hydrogen (secondary N) is 3. The van der Waals surface area contributed by atoms with Gasteiger partial charge in [0.15, 0.2) is 5.76 Å². The van der Waals surface area contributed by atoms with E-state index in [0.29, 0.717) is 12.3 Å². The first kappa shape index (κ1) is 24.4. The topological polar surface area (TPSA) is 96.5 Å². The molecule has 2 heterocycles. The summed E-state index contributed by atoms with van der Waals surface area (Å²) in [5.74, 6) is 1.98. The van der Waals surface area contributed by atoms with Crippen LogP contribution in [0.25, 0.3) is 17.0 Å². The molecule has 1 aliphatic rings. The molecule has 7 nitrogen and oxygen atoms in total. The van der Waals surface area contributed by atoms with Crippen molar-refractivity contribution in [1.29, 1.82) is 0 Å². The number of carbonyl (C=O) groups excluding carboxylic acids is 2. The third-order valence-electron chi connectivity index (χ3n) is 6.55. The van der Waals surface area contributed by atoms with E-state index in [4.69, 9.17) is 8.83 Å². The van der Waals surface area contributed by atoms with Crippen molar-refractivity contribution >= 4 is 17.5 Å². The minimum Gasteiger partial charge on any atom is -0.460 e. The molecule has 0 bridgehead atoms. The van der Waals surface area contributed by atoms with Crippen LogP contribution in [0.2, 0.25) is 0 Å². The Morgan fingerprint density at radius 2 is 1.69 bits per heavy atom. The average Bonchev–Trinajstić information content (AvgIpc) is 3.56. The molecule has 0 spiro atoms. The van der Waals surface area contributed by atoms with Crippen molar-refractivity contribution in [3.8, 4) is 11.3 Å². The van der Waals surface area contributed by atoms with Gasteiger partial charge in [0.25, 0.3) is 5.91 Å². The Labute approximate surface area is 206 Å². The number of amides is 2. The number of benzene rings is 1. The molecule has 35 heavy (non-hydrogen) atoms. The van der Waals surface area contributed by atoms with E-state index in [1.165, 1.54) is 6.42 Å². The van der Waals surface area contributed by atoms with Gasteiger partial charge < -0.3 is 24.8 Å². The molecule has 1 saturated carbocycles. The highest BCUT2D eigenvalue weighted by Crippen LogP contribution is 2.28. The highest BCUT2D eigenvalue weighted by molar-refractivity contribution is 5.96. The third kappa shape index (κ3) is 6.04. The van der Waals surface area contributed by atoms with Crippen LogP contribution in [-0.2, 0) is 11.3 Å². The van der Waals surface area contributed by atoms with Crippen LogP contribution in [-0.4, -0.2) is 24.9 Å². The first-order valence-corrected chi connectivity index (χ1v) is 12.2. The molecular formula is C28H33N3O4. The first-order chi connectivity index (χ1) is 16.9. The summed E-state index contributed by atoms with van der Waals surface area (Å²) in [4.78, 5) is 25.3. The van der Waals surface area contributed by atoms with Crippen molar-refractivity contribution in [2.75, 3.05) is 7.05 Å². The summed E-state index contributed by atoms with van der Waals surface area (Å²) >= 11 is 0. The lowest BCUT2D eigenvalue weighted by Gasteiger charge is -2.29. The number of carbonyl (C=O) groups is 2. The van der Waals surface area contributed by atoms with Crippen LogP contribution in [0.1, 0.15) is 59.7 Å². The number of aryl methyl sites for hydroxylation is 1. The van der Waals surface area contributed by atoms with Crippen molar-refractivity contribution in [2.24, 2.45) is 5.92 Å². The van der Waals surface area contributed by atoms with E-state index >= 15 is 0 Å². The number of furan rings is 2. The van der Waals surface area contributed by atoms with Gasteiger partial charge in [-0.15, -0.1) is 0 Å². The Kier molecular flexibility index (Phi) is 7.75. The minimum absolute atomic E-state index is 0.149. The molecule has 2 amide bonds. The van der Waals surface area contributed by atoms with Crippen LogP contribution >= 0.6 is 0 Å². The summed E-state index contributed by atoms with van der Waals surface area (Å²) in [5, 5.41) is 8.85. The van der Waals surface area contributed by atoms with E-state index in [9.17, 15) is 9.59 Å². The SMILES string of the molecule is C=C(NCc1ccc(-c2ccc(C(=O)N[C@H](C(=O)NC)C3CCCCC3)o2)cc1)c1ccc(C)o1. The van der Waals surface area contributed by atoms with E-state index in [0.717, 1.165) is 54.0 Å². The van der Waals surface area contributed by atoms with Gasteiger partial charge in [0.05, 0.1) is 5.70 Å². The highest BCUT2D eigenvalue weighted by atomic mass is 16.4. The Balaban J connectivity index is 1.37. The fourth-order valence-corrected chi connectivity index (χ4v) is 4.53. The molecule has 3 aromatic rings. The van der Waals surface area contributed by atoms with Crippen LogP contribution in [0.3, 0.4) is 0 Å². The van der Waals surface area contributed by atoms with Gasteiger partial charge in [-0.1, -0.05) is 50.1 Å². The molecule has 2 aromatic heterocycles. The van der Waals surface area contributed by atoms with Gasteiger partial charge in [-0.25, -0.2) is 0 Å². The van der Waals surface area contributed by atoms with Gasteiger partial charge in [-0.05, 0) is 55.5 Å². The van der Waals surface area contributed by atoms with E-state index in [1.807, 2.05) is 43.3 Å². The Morgan fingerprint density at radius 1 is 0.971 bits per heavy atom. The van der Waals surface area contributed by atoms with Gasteiger partial charge in [0.2, 0.25) is 5.91 Å². The highest BCUT2D eigenvalue weighted by Gasteiger charge is 2.31. The van der Waals surface area contributed by atoms with Crippen LogP contribution in [0.4, 0.5) is 0 Å². The quantitative estimate of drug-likeness (QED) is 0.403. The monoisotopic (exact) mass is 475 g/mol. The summed E-state index contributed by atoms with van der Waals surface area (Å²) in [6, 6.07) is 14.6. The molecule has 1 aromatic carbocycles. The van der Waals surface area contributed by atoms with E-state index < -0.39 is 6.04 Å². The zero-order valence-electron chi connectivity index (χ0n) is 20.4. The maximum atomic E-state index is 12.9. The lowest BCUT2D eigenvalue weighted by Crippen LogP contribution is -2.50. The standard InChI is InChI=1S/C28H33N3O4/c1-18-9-14-23(34-18)19(2)30-17-20-10-12-21(13-11-20)24-15-16-25(35-24)27(32)31-26(28(33)29-3)22-7-5-4-6-8-22/h9-16,22,26,30H,2,4-8,17H2,1,3H3,(H,29,33)(H,31,32)/t26-/m0/s1. The second kappa shape index (κ2) is 11.1. The molecule has 0 saturated heterocycles. The maximum absolute atomic E-state index is 12.9. The van der Waals surface area contributed by atoms with Crippen LogP contribution in [0.15, 0.2) is 63.9 Å². The molecule has 1 aliphatic carbocycles. The van der Waals surface area contributed by atoms with E-state index in [1.54, 1.807) is 19.2 Å². The summed E-state index contributed by atoms with van der Waals surface area (Å²) in [6.45, 7) is 6.52. The van der Waals surface area contributed by atoms with Crippen molar-refractivity contribution in [3.63, 3.8) is 0 Å². The number of rotatable bonds is 9. The summed E-state index contributed by atoms with van der Waals surface area (Å²) in [6.07, 6.45) is 5.23. The molecule has 1 atom stereocenters. The van der Waals surface area contributed by atoms with Crippen LogP contribution in [0.5, 0.6) is 0 Å². The predicted octanol–water partition coefficient (Wildman–Crippen LogP) is 5.03. The van der Waals surface area contributed by atoms with Crippen LogP contribution in [0, 0.1) is 12.8 Å². The van der Waals surface area contributed by atoms with Gasteiger partial charge >= 0.3 is 0 Å². The fraction of sp³-hybridized carbons (Fsp3) is 0.357. The second-order valence-electron chi connectivity index (χ2n) is 9.07. The largest absolute Gasteiger partial charge is 0.460 e. The molecular weight excluding hydrogens is 442 g/mol. The summed E-state index contributed by atoms with van der Waals surface area (Å²) < 4.78 is 11.4. The summed E-state index contributed by atoms with van der Waals surface area (Å²) in [7, 11) is 1.60. The van der Waals surface area contributed by atoms with Gasteiger partial charge in [-0.3, -0.25) is 9.59 Å². The van der Waals surface area contributed by atoms with E-state index in [2.05, 4.69) is 22.5 Å². The fourth-order valence-electron chi connectivity index (χ4n) is 4.53. The lowest BCUT2D eigenvalue weighted by atomic mass is 9.83. The number of likely N-dealkylation sites (N-methyl/N-ethyl adjacent to an activating group) is 1. The Hall–Kier alpha value is -3.74. The Morgan fingerprint density at radius 3 is 2.34 bits per heavy atom. The molecule has 0 unspecified atom stereocenters. The molecule has 184 valence electrons. The van der Waals surface area contributed by atoms with Crippen molar-refractivity contribution in [1.82, 2.24) is 16.0 Å². The zero-order chi connectivity index (χ0) is 24.8. The summed E-state index contributed by atoms with van der Waals surface area (Å²) in [5.41, 5.74) is 2.67. The smallest absolute Gasteiger partial charge is 0.287 e. The lowest BCUT2D eigenvalue weighted by molar-refractivity contribution is -0.124. The molecule has 0 radical (unpaired) electrons.